The number of nitrogens with zero attached hydrogens (tertiary/aromatic N) is 1. The Morgan fingerprint density at radius 2 is 2.22 bits per heavy atom. The lowest BCUT2D eigenvalue weighted by molar-refractivity contribution is 0.174. The molecule has 0 unspecified atom stereocenters. The molecule has 2 N–H and O–H groups in total. The van der Waals surface area contributed by atoms with Crippen LogP contribution >= 0.6 is 8.25 Å². The van der Waals surface area contributed by atoms with Crippen molar-refractivity contribution < 1.29 is 19.2 Å². The van der Waals surface area contributed by atoms with Gasteiger partial charge in [0.2, 0.25) is 0 Å². The van der Waals surface area contributed by atoms with E-state index in [0.29, 0.717) is 0 Å². The summed E-state index contributed by atoms with van der Waals surface area (Å²) in [6.45, 7) is 0.778. The highest BCUT2D eigenvalue weighted by Gasteiger charge is 1.93. The van der Waals surface area contributed by atoms with Gasteiger partial charge in [0.05, 0.1) is 0 Å². The molecule has 9 heavy (non-hydrogen) atoms. The third-order valence-electron chi connectivity index (χ3n) is 0.487. The first kappa shape index (κ1) is 8.49. The molecule has 0 aromatic heterocycles. The quantitative estimate of drug-likeness (QED) is 0.479. The second-order valence-electron chi connectivity index (χ2n) is 1.16. The van der Waals surface area contributed by atoms with Crippen LogP contribution in [0.5, 0.6) is 0 Å². The number of oxime groups is 1. The molecule has 0 saturated heterocycles. The van der Waals surface area contributed by atoms with Gasteiger partial charge in [-0.1, -0.05) is 5.16 Å². The zero-order valence-electron chi connectivity index (χ0n) is 4.60. The second kappa shape index (κ2) is 5.62. The van der Waals surface area contributed by atoms with Crippen LogP contribution in [0.25, 0.3) is 0 Å². The summed E-state index contributed by atoms with van der Waals surface area (Å²) in [5.74, 6) is 0. The van der Waals surface area contributed by atoms with Gasteiger partial charge in [0, 0.05) is 17.2 Å². The highest BCUT2D eigenvalue weighted by Crippen LogP contribution is 1.98. The minimum absolute atomic E-state index is 0.778. The molecule has 0 aromatic rings. The maximum absolute atomic E-state index is 8.70. The third-order valence-corrected chi connectivity index (χ3v) is 0.487. The lowest BCUT2D eigenvalue weighted by Crippen LogP contribution is -1.72. The first-order valence-electron chi connectivity index (χ1n) is 2.22. The van der Waals surface area contributed by atoms with E-state index in [1.54, 1.807) is 6.21 Å². The van der Waals surface area contributed by atoms with Gasteiger partial charge in [0.15, 0.2) is 0 Å². The molecular formula is C3H7NO4P+. The fraction of sp³-hybridized carbons (Fsp3) is 0.667. The molecular weight excluding hydrogens is 145 g/mol. The Balaban J connectivity index is 0.000000148. The molecule has 0 aliphatic carbocycles. The van der Waals surface area contributed by atoms with Crippen LogP contribution in [0.4, 0.5) is 0 Å². The van der Waals surface area contributed by atoms with Crippen molar-refractivity contribution in [1.82, 2.24) is 0 Å². The lowest BCUT2D eigenvalue weighted by Gasteiger charge is -1.76. The predicted molar refractivity (Wildman–Crippen MR) is 31.1 cm³/mol. The summed E-state index contributed by atoms with van der Waals surface area (Å²) in [4.78, 5) is 18.8. The molecule has 0 atom stereocenters. The Morgan fingerprint density at radius 1 is 1.67 bits per heavy atom. The predicted octanol–water partition coefficient (Wildman–Crippen LogP) is 0.0209. The van der Waals surface area contributed by atoms with E-state index in [9.17, 15) is 0 Å². The highest BCUT2D eigenvalue weighted by atomic mass is 31.1. The molecule has 0 spiro atoms. The van der Waals surface area contributed by atoms with Crippen LogP contribution in [0, 0.1) is 0 Å². The van der Waals surface area contributed by atoms with Crippen molar-refractivity contribution in [3.05, 3.63) is 0 Å². The van der Waals surface area contributed by atoms with E-state index in [1.807, 2.05) is 0 Å². The van der Waals surface area contributed by atoms with Gasteiger partial charge in [-0.05, 0) is 0 Å². The molecule has 1 aliphatic rings. The Kier molecular flexibility index (Phi) is 5.30. The molecule has 1 heterocycles. The largest absolute Gasteiger partial charge is 0.692 e. The van der Waals surface area contributed by atoms with Crippen LogP contribution in [-0.4, -0.2) is 22.6 Å². The monoisotopic (exact) mass is 152 g/mol. The van der Waals surface area contributed by atoms with Crippen LogP contribution in [-0.2, 0) is 9.40 Å². The van der Waals surface area contributed by atoms with Crippen molar-refractivity contribution >= 4 is 14.5 Å². The van der Waals surface area contributed by atoms with Crippen LogP contribution in [0.3, 0.4) is 0 Å². The van der Waals surface area contributed by atoms with Crippen molar-refractivity contribution in [3.63, 3.8) is 0 Å². The molecule has 1 rings (SSSR count). The van der Waals surface area contributed by atoms with Gasteiger partial charge in [-0.2, -0.15) is 0 Å². The zero-order valence-corrected chi connectivity index (χ0v) is 5.49. The first-order chi connectivity index (χ1) is 4.23. The summed E-state index contributed by atoms with van der Waals surface area (Å²) in [6.07, 6.45) is 2.75. The van der Waals surface area contributed by atoms with Crippen molar-refractivity contribution in [3.8, 4) is 0 Å². The van der Waals surface area contributed by atoms with E-state index in [4.69, 9.17) is 14.4 Å². The van der Waals surface area contributed by atoms with Crippen molar-refractivity contribution in [2.45, 2.75) is 6.42 Å². The molecule has 0 aromatic carbocycles. The topological polar surface area (TPSA) is 79.1 Å². The van der Waals surface area contributed by atoms with Gasteiger partial charge in [-0.25, -0.2) is 0 Å². The minimum Gasteiger partial charge on any atom is -0.396 e. The average molecular weight is 152 g/mol. The summed E-state index contributed by atoms with van der Waals surface area (Å²) in [5, 5.41) is 3.46. The zero-order chi connectivity index (χ0) is 7.11. The molecule has 0 fully saturated rings. The van der Waals surface area contributed by atoms with Crippen LogP contribution in [0.1, 0.15) is 6.42 Å². The summed E-state index contributed by atoms with van der Waals surface area (Å²) in [5.41, 5.74) is 0. The van der Waals surface area contributed by atoms with E-state index in [-0.39, 0.29) is 0 Å². The molecule has 0 saturated carbocycles. The van der Waals surface area contributed by atoms with Gasteiger partial charge < -0.3 is 4.84 Å². The van der Waals surface area contributed by atoms with Gasteiger partial charge in [0.25, 0.3) is 0 Å². The minimum atomic E-state index is -2.87. The summed E-state index contributed by atoms with van der Waals surface area (Å²) in [6, 6.07) is 0. The number of hydrogen-bond acceptors (Lipinski definition) is 3. The highest BCUT2D eigenvalue weighted by molar-refractivity contribution is 7.30. The molecule has 52 valence electrons. The fourth-order valence-electron chi connectivity index (χ4n) is 0.264. The molecule has 0 amide bonds. The lowest BCUT2D eigenvalue weighted by atomic mass is 10.5. The van der Waals surface area contributed by atoms with Crippen LogP contribution in [0.2, 0.25) is 0 Å². The van der Waals surface area contributed by atoms with E-state index in [1.165, 1.54) is 0 Å². The van der Waals surface area contributed by atoms with Crippen LogP contribution < -0.4 is 0 Å². The molecule has 1 aliphatic heterocycles. The van der Waals surface area contributed by atoms with E-state index in [2.05, 4.69) is 9.99 Å². The number of hydrogen-bond donors (Lipinski definition) is 2. The Morgan fingerprint density at radius 3 is 2.33 bits per heavy atom. The van der Waals surface area contributed by atoms with Crippen LogP contribution in [0.15, 0.2) is 5.16 Å². The standard InChI is InChI=1S/C3H5NO.HO3P/c1-2-4-5-3-1;1-4(2)3/h2H,1,3H2;(H-,1,2,3)/p+1. The van der Waals surface area contributed by atoms with E-state index < -0.39 is 8.25 Å². The van der Waals surface area contributed by atoms with Gasteiger partial charge in [-0.15, -0.1) is 9.79 Å². The summed E-state index contributed by atoms with van der Waals surface area (Å²) >= 11 is 0. The summed E-state index contributed by atoms with van der Waals surface area (Å²) < 4.78 is 8.70. The Hall–Kier alpha value is -0.510. The molecule has 5 nitrogen and oxygen atoms in total. The number of rotatable bonds is 0. The summed E-state index contributed by atoms with van der Waals surface area (Å²) in [7, 11) is -2.87. The SMILES string of the molecule is C1=NOCC1.O=[P+](O)O. The smallest absolute Gasteiger partial charge is 0.396 e. The van der Waals surface area contributed by atoms with Crippen molar-refractivity contribution in [2.24, 2.45) is 5.16 Å². The molecule has 6 heteroatoms. The molecule has 0 bridgehead atoms. The Labute approximate surface area is 52.9 Å². The normalized spacial score (nSPS) is 13.6. The van der Waals surface area contributed by atoms with Crippen molar-refractivity contribution in [1.29, 1.82) is 0 Å². The Bertz CT molecular complexity index is 104. The van der Waals surface area contributed by atoms with Gasteiger partial charge in [0.1, 0.15) is 6.61 Å². The third kappa shape index (κ3) is 11.2. The van der Waals surface area contributed by atoms with Gasteiger partial charge >= 0.3 is 8.25 Å². The first-order valence-corrected chi connectivity index (χ1v) is 3.39. The van der Waals surface area contributed by atoms with E-state index in [0.717, 1.165) is 13.0 Å². The average Bonchev–Trinajstić information content (AvgIpc) is 2.11. The van der Waals surface area contributed by atoms with E-state index >= 15 is 0 Å². The fourth-order valence-corrected chi connectivity index (χ4v) is 0.264. The maximum Gasteiger partial charge on any atom is 0.692 e. The maximum atomic E-state index is 8.70. The van der Waals surface area contributed by atoms with Crippen molar-refractivity contribution in [2.75, 3.05) is 6.61 Å². The molecule has 0 radical (unpaired) electrons. The van der Waals surface area contributed by atoms with Gasteiger partial charge in [-0.3, -0.25) is 0 Å². The second-order valence-corrected chi connectivity index (χ2v) is 1.67.